The molecule has 1 aliphatic rings. The summed E-state index contributed by atoms with van der Waals surface area (Å²) in [6.07, 6.45) is 1.84. The molecule has 1 saturated heterocycles. The van der Waals surface area contributed by atoms with Crippen LogP contribution in [0.4, 0.5) is 0 Å². The van der Waals surface area contributed by atoms with Gasteiger partial charge in [-0.05, 0) is 45.6 Å². The predicted molar refractivity (Wildman–Crippen MR) is 107 cm³/mol. The van der Waals surface area contributed by atoms with E-state index < -0.39 is 0 Å². The van der Waals surface area contributed by atoms with Gasteiger partial charge in [-0.2, -0.15) is 0 Å². The predicted octanol–water partition coefficient (Wildman–Crippen LogP) is 1.60. The van der Waals surface area contributed by atoms with Gasteiger partial charge in [-0.3, -0.25) is 9.69 Å². The molecule has 2 heterocycles. The second kappa shape index (κ2) is 9.19. The van der Waals surface area contributed by atoms with Crippen LogP contribution in [0.15, 0.2) is 18.2 Å². The Morgan fingerprint density at radius 2 is 2.15 bits per heavy atom. The molecule has 7 heteroatoms. The highest BCUT2D eigenvalue weighted by Crippen LogP contribution is 2.19. The Balaban J connectivity index is 1.55. The Hall–Kier alpha value is -2.12. The molecular weight excluding hydrogens is 342 g/mol. The molecule has 7 nitrogen and oxygen atoms in total. The lowest BCUT2D eigenvalue weighted by Gasteiger charge is -2.25. The number of benzene rings is 1. The maximum Gasteiger partial charge on any atom is 0.236 e. The van der Waals surface area contributed by atoms with E-state index in [1.165, 1.54) is 0 Å². The molecule has 2 aromatic rings. The summed E-state index contributed by atoms with van der Waals surface area (Å²) in [5, 5.41) is 0. The topological polar surface area (TPSA) is 64.7 Å². The van der Waals surface area contributed by atoms with Crippen molar-refractivity contribution in [3.05, 3.63) is 24.0 Å². The average Bonchev–Trinajstić information content (AvgIpc) is 2.97. The van der Waals surface area contributed by atoms with Gasteiger partial charge in [-0.25, -0.2) is 4.98 Å². The number of aromatic amines is 1. The Bertz CT molecular complexity index is 760. The van der Waals surface area contributed by atoms with Crippen LogP contribution in [0.3, 0.4) is 0 Å². The van der Waals surface area contributed by atoms with E-state index in [-0.39, 0.29) is 5.91 Å². The molecule has 0 radical (unpaired) electrons. The minimum atomic E-state index is 0.208. The van der Waals surface area contributed by atoms with Crippen molar-refractivity contribution in [2.75, 3.05) is 60.0 Å². The van der Waals surface area contributed by atoms with E-state index in [2.05, 4.69) is 26.8 Å². The normalized spacial score (nSPS) is 16.4. The molecule has 0 aliphatic carbocycles. The van der Waals surface area contributed by atoms with Crippen LogP contribution in [0.1, 0.15) is 19.2 Å². The summed E-state index contributed by atoms with van der Waals surface area (Å²) < 4.78 is 5.26. The van der Waals surface area contributed by atoms with E-state index >= 15 is 0 Å². The van der Waals surface area contributed by atoms with Crippen molar-refractivity contribution >= 4 is 16.9 Å². The van der Waals surface area contributed by atoms with Crippen LogP contribution in [-0.4, -0.2) is 90.5 Å². The van der Waals surface area contributed by atoms with Crippen molar-refractivity contribution in [1.29, 1.82) is 0 Å². The number of fused-ring (bicyclic) bond motifs is 1. The minimum absolute atomic E-state index is 0.208. The van der Waals surface area contributed by atoms with Crippen LogP contribution in [0.2, 0.25) is 0 Å². The molecule has 1 N–H and O–H groups in total. The molecule has 0 unspecified atom stereocenters. The monoisotopic (exact) mass is 373 g/mol. The first kappa shape index (κ1) is 19.6. The summed E-state index contributed by atoms with van der Waals surface area (Å²) in [7, 11) is 3.80. The number of carbonyl (C=O) groups excluding carboxylic acids is 1. The van der Waals surface area contributed by atoms with E-state index in [0.29, 0.717) is 13.1 Å². The lowest BCUT2D eigenvalue weighted by molar-refractivity contribution is -0.132. The van der Waals surface area contributed by atoms with Crippen LogP contribution in [-0.2, 0) is 11.2 Å². The smallest absolute Gasteiger partial charge is 0.236 e. The number of nitrogens with one attached hydrogen (secondary N) is 1. The van der Waals surface area contributed by atoms with Gasteiger partial charge >= 0.3 is 0 Å². The summed E-state index contributed by atoms with van der Waals surface area (Å²) in [6, 6.07) is 5.81. The molecule has 0 spiro atoms. The van der Waals surface area contributed by atoms with Crippen molar-refractivity contribution in [2.45, 2.75) is 19.8 Å². The Morgan fingerprint density at radius 1 is 1.30 bits per heavy atom. The van der Waals surface area contributed by atoms with Gasteiger partial charge in [0, 0.05) is 38.7 Å². The zero-order valence-electron chi connectivity index (χ0n) is 16.7. The number of carbonyl (C=O) groups is 1. The molecular formula is C20H31N5O2. The van der Waals surface area contributed by atoms with E-state index in [0.717, 1.165) is 68.2 Å². The van der Waals surface area contributed by atoms with Gasteiger partial charge in [0.25, 0.3) is 0 Å². The van der Waals surface area contributed by atoms with Crippen LogP contribution in [0, 0.1) is 0 Å². The van der Waals surface area contributed by atoms with Crippen molar-refractivity contribution in [1.82, 2.24) is 24.7 Å². The maximum absolute atomic E-state index is 12.7. The van der Waals surface area contributed by atoms with E-state index in [1.807, 2.05) is 30.0 Å². The summed E-state index contributed by atoms with van der Waals surface area (Å²) >= 11 is 0. The number of nitrogens with zero attached hydrogens (tertiary/aromatic N) is 4. The van der Waals surface area contributed by atoms with Crippen molar-refractivity contribution < 1.29 is 9.53 Å². The third-order valence-electron chi connectivity index (χ3n) is 5.26. The van der Waals surface area contributed by atoms with Crippen molar-refractivity contribution in [3.63, 3.8) is 0 Å². The van der Waals surface area contributed by atoms with Gasteiger partial charge in [-0.15, -0.1) is 0 Å². The number of imidazole rings is 1. The lowest BCUT2D eigenvalue weighted by Crippen LogP contribution is -2.42. The number of hydrogen-bond donors (Lipinski definition) is 1. The second-order valence-corrected chi connectivity index (χ2v) is 7.22. The molecule has 148 valence electrons. The fourth-order valence-corrected chi connectivity index (χ4v) is 3.54. The van der Waals surface area contributed by atoms with Crippen LogP contribution in [0.5, 0.6) is 5.75 Å². The standard InChI is InChI=1S/C20H31N5O2/c1-4-25(20(26)15-24-10-5-9-23(2)12-13-24)11-8-19-21-17-7-6-16(27-3)14-18(17)22-19/h6-7,14H,4-5,8-13,15H2,1-3H3,(H,21,22). The van der Waals surface area contributed by atoms with Gasteiger partial charge in [0.1, 0.15) is 11.6 Å². The highest BCUT2D eigenvalue weighted by Gasteiger charge is 2.19. The number of methoxy groups -OCH3 is 1. The van der Waals surface area contributed by atoms with Gasteiger partial charge in [0.05, 0.1) is 24.7 Å². The zero-order chi connectivity index (χ0) is 19.2. The van der Waals surface area contributed by atoms with Gasteiger partial charge < -0.3 is 19.5 Å². The van der Waals surface area contributed by atoms with Crippen molar-refractivity contribution in [3.8, 4) is 5.75 Å². The lowest BCUT2D eigenvalue weighted by atomic mass is 10.3. The Labute approximate surface area is 161 Å². The quantitative estimate of drug-likeness (QED) is 0.799. The number of H-pyrrole nitrogens is 1. The fourth-order valence-electron chi connectivity index (χ4n) is 3.54. The minimum Gasteiger partial charge on any atom is -0.497 e. The van der Waals surface area contributed by atoms with Gasteiger partial charge in [0.15, 0.2) is 0 Å². The molecule has 1 fully saturated rings. The first-order valence-electron chi connectivity index (χ1n) is 9.80. The molecule has 1 aromatic carbocycles. The second-order valence-electron chi connectivity index (χ2n) is 7.22. The molecule has 0 atom stereocenters. The Morgan fingerprint density at radius 3 is 2.93 bits per heavy atom. The molecule has 1 aliphatic heterocycles. The summed E-state index contributed by atoms with van der Waals surface area (Å²) in [6.45, 7) is 8.06. The molecule has 1 aromatic heterocycles. The third-order valence-corrected chi connectivity index (χ3v) is 5.26. The summed E-state index contributed by atoms with van der Waals surface area (Å²) in [5.41, 5.74) is 1.89. The van der Waals surface area contributed by atoms with Crippen LogP contribution < -0.4 is 4.74 Å². The SMILES string of the molecule is CCN(CCc1nc2ccc(OC)cc2[nH]1)C(=O)CN1CCCN(C)CC1. The van der Waals surface area contributed by atoms with Crippen LogP contribution >= 0.6 is 0 Å². The first-order valence-corrected chi connectivity index (χ1v) is 9.80. The highest BCUT2D eigenvalue weighted by atomic mass is 16.5. The maximum atomic E-state index is 12.7. The molecule has 1 amide bonds. The fraction of sp³-hybridized carbons (Fsp3) is 0.600. The largest absolute Gasteiger partial charge is 0.497 e. The molecule has 27 heavy (non-hydrogen) atoms. The molecule has 3 rings (SSSR count). The summed E-state index contributed by atoms with van der Waals surface area (Å²) in [4.78, 5) is 27.2. The third kappa shape index (κ3) is 5.20. The van der Waals surface area contributed by atoms with Gasteiger partial charge in [0.2, 0.25) is 5.91 Å². The average molecular weight is 374 g/mol. The van der Waals surface area contributed by atoms with E-state index in [4.69, 9.17) is 4.74 Å². The first-order chi connectivity index (χ1) is 13.1. The van der Waals surface area contributed by atoms with E-state index in [1.54, 1.807) is 7.11 Å². The number of ether oxygens (including phenoxy) is 1. The Kier molecular flexibility index (Phi) is 6.68. The van der Waals surface area contributed by atoms with E-state index in [9.17, 15) is 4.79 Å². The number of amides is 1. The number of hydrogen-bond acceptors (Lipinski definition) is 5. The highest BCUT2D eigenvalue weighted by molar-refractivity contribution is 5.78. The zero-order valence-corrected chi connectivity index (χ0v) is 16.7. The molecule has 0 saturated carbocycles. The van der Waals surface area contributed by atoms with Crippen LogP contribution in [0.25, 0.3) is 11.0 Å². The number of aromatic nitrogens is 2. The summed E-state index contributed by atoms with van der Waals surface area (Å²) in [5.74, 6) is 1.92. The number of likely N-dealkylation sites (N-methyl/N-ethyl adjacent to an activating group) is 2. The molecule has 0 bridgehead atoms. The van der Waals surface area contributed by atoms with Crippen molar-refractivity contribution in [2.24, 2.45) is 0 Å². The van der Waals surface area contributed by atoms with Gasteiger partial charge in [-0.1, -0.05) is 0 Å². The number of rotatable bonds is 7.